The van der Waals surface area contributed by atoms with Crippen molar-refractivity contribution in [1.29, 1.82) is 0 Å². The minimum Gasteiger partial charge on any atom is -0.345 e. The molecule has 2 aromatic rings. The molecule has 0 atom stereocenters. The first-order chi connectivity index (χ1) is 13.4. The van der Waals surface area contributed by atoms with Gasteiger partial charge in [-0.2, -0.15) is 0 Å². The number of hydrogen-bond acceptors (Lipinski definition) is 3. The molecule has 1 aliphatic rings. The second-order valence-corrected chi connectivity index (χ2v) is 7.26. The number of amides is 3. The Morgan fingerprint density at radius 2 is 1.71 bits per heavy atom. The van der Waals surface area contributed by atoms with Crippen LogP contribution < -0.4 is 10.6 Å². The molecule has 8 heteroatoms. The zero-order chi connectivity index (χ0) is 20.1. The Balaban J connectivity index is 1.44. The molecular weight excluding hydrogens is 401 g/mol. The Labute approximate surface area is 172 Å². The van der Waals surface area contributed by atoms with Gasteiger partial charge in [-0.1, -0.05) is 47.5 Å². The first-order valence-electron chi connectivity index (χ1n) is 8.78. The molecule has 3 rings (SSSR count). The van der Waals surface area contributed by atoms with Crippen LogP contribution in [0.1, 0.15) is 21.5 Å². The summed E-state index contributed by atoms with van der Waals surface area (Å²) in [5.74, 6) is -1.10. The van der Waals surface area contributed by atoms with Crippen LogP contribution in [0.15, 0.2) is 42.5 Å². The Hall–Kier alpha value is -2.57. The van der Waals surface area contributed by atoms with Crippen molar-refractivity contribution in [3.05, 3.63) is 69.2 Å². The van der Waals surface area contributed by atoms with Gasteiger partial charge in [-0.3, -0.25) is 14.4 Å². The summed E-state index contributed by atoms with van der Waals surface area (Å²) >= 11 is 11.8. The minimum atomic E-state index is -0.490. The third kappa shape index (κ3) is 5.03. The molecule has 0 fully saturated rings. The summed E-state index contributed by atoms with van der Waals surface area (Å²) in [6.07, 6.45) is 0.799. The van der Waals surface area contributed by atoms with Gasteiger partial charge in [0, 0.05) is 18.1 Å². The fourth-order valence-electron chi connectivity index (χ4n) is 2.99. The first kappa shape index (κ1) is 20.2. The first-order valence-corrected chi connectivity index (χ1v) is 9.54. The number of rotatable bonds is 5. The normalized spacial score (nSPS) is 12.9. The summed E-state index contributed by atoms with van der Waals surface area (Å²) < 4.78 is 0. The van der Waals surface area contributed by atoms with E-state index in [9.17, 15) is 14.4 Å². The highest BCUT2D eigenvalue weighted by Crippen LogP contribution is 2.21. The predicted molar refractivity (Wildman–Crippen MR) is 107 cm³/mol. The lowest BCUT2D eigenvalue weighted by Gasteiger charge is -2.29. The number of nitrogens with zero attached hydrogens (tertiary/aromatic N) is 1. The van der Waals surface area contributed by atoms with Gasteiger partial charge in [0.1, 0.15) is 0 Å². The molecule has 1 heterocycles. The van der Waals surface area contributed by atoms with Gasteiger partial charge in [0.2, 0.25) is 11.8 Å². The molecule has 2 N–H and O–H groups in total. The van der Waals surface area contributed by atoms with E-state index in [1.165, 1.54) is 23.8 Å². The van der Waals surface area contributed by atoms with Crippen molar-refractivity contribution in [2.45, 2.75) is 13.0 Å². The van der Waals surface area contributed by atoms with Crippen molar-refractivity contribution in [3.8, 4) is 0 Å². The smallest absolute Gasteiger partial charge is 0.253 e. The third-order valence-corrected chi connectivity index (χ3v) is 5.05. The Kier molecular flexibility index (Phi) is 6.54. The summed E-state index contributed by atoms with van der Waals surface area (Å²) in [5.41, 5.74) is 2.60. The minimum absolute atomic E-state index is 0.113. The number of nitrogens with one attached hydrogen (secondary N) is 2. The lowest BCUT2D eigenvalue weighted by Crippen LogP contribution is -2.45. The van der Waals surface area contributed by atoms with E-state index in [2.05, 4.69) is 16.7 Å². The zero-order valence-electron chi connectivity index (χ0n) is 15.0. The van der Waals surface area contributed by atoms with Gasteiger partial charge in [0.15, 0.2) is 0 Å². The van der Waals surface area contributed by atoms with E-state index in [0.29, 0.717) is 18.1 Å². The maximum atomic E-state index is 12.3. The molecule has 3 amide bonds. The fraction of sp³-hybridized carbons (Fsp3) is 0.250. The van der Waals surface area contributed by atoms with Gasteiger partial charge in [0.05, 0.1) is 23.7 Å². The molecule has 0 unspecified atom stereocenters. The predicted octanol–water partition coefficient (Wildman–Crippen LogP) is 2.42. The molecule has 0 saturated carbocycles. The molecule has 6 nitrogen and oxygen atoms in total. The van der Waals surface area contributed by atoms with E-state index in [-0.39, 0.29) is 29.6 Å². The van der Waals surface area contributed by atoms with E-state index in [0.717, 1.165) is 12.0 Å². The number of halogens is 2. The summed E-state index contributed by atoms with van der Waals surface area (Å²) in [4.78, 5) is 38.1. The fourth-order valence-corrected chi connectivity index (χ4v) is 3.48. The van der Waals surface area contributed by atoms with Crippen LogP contribution in [-0.2, 0) is 22.6 Å². The lowest BCUT2D eigenvalue weighted by molar-refractivity contribution is -0.133. The Morgan fingerprint density at radius 3 is 2.46 bits per heavy atom. The molecule has 2 aromatic carbocycles. The Morgan fingerprint density at radius 1 is 0.964 bits per heavy atom. The average molecular weight is 420 g/mol. The van der Waals surface area contributed by atoms with Gasteiger partial charge < -0.3 is 15.5 Å². The van der Waals surface area contributed by atoms with Crippen molar-refractivity contribution in [2.75, 3.05) is 19.6 Å². The standard InChI is InChI=1S/C20H19Cl2N3O3/c21-15-5-6-16(17(22)9-15)20(28)24-10-18(26)23-11-19(27)25-8-7-13-3-1-2-4-14(13)12-25/h1-6,9H,7-8,10-12H2,(H,23,26)(H,24,28). The molecule has 146 valence electrons. The van der Waals surface area contributed by atoms with Crippen LogP contribution in [-0.4, -0.2) is 42.3 Å². The zero-order valence-corrected chi connectivity index (χ0v) is 16.5. The molecule has 0 aliphatic carbocycles. The van der Waals surface area contributed by atoms with Gasteiger partial charge in [0.25, 0.3) is 5.91 Å². The molecule has 28 heavy (non-hydrogen) atoms. The quantitative estimate of drug-likeness (QED) is 0.780. The second-order valence-electron chi connectivity index (χ2n) is 6.42. The van der Waals surface area contributed by atoms with Crippen LogP contribution in [0.25, 0.3) is 0 Å². The maximum Gasteiger partial charge on any atom is 0.253 e. The van der Waals surface area contributed by atoms with E-state index < -0.39 is 11.8 Å². The molecule has 0 saturated heterocycles. The number of carbonyl (C=O) groups excluding carboxylic acids is 3. The van der Waals surface area contributed by atoms with Crippen molar-refractivity contribution >= 4 is 40.9 Å². The van der Waals surface area contributed by atoms with Crippen LogP contribution in [0.4, 0.5) is 0 Å². The van der Waals surface area contributed by atoms with Crippen LogP contribution in [0.3, 0.4) is 0 Å². The topological polar surface area (TPSA) is 78.5 Å². The SMILES string of the molecule is O=C(CNC(=O)c1ccc(Cl)cc1Cl)NCC(=O)N1CCc2ccccc2C1. The number of benzene rings is 2. The van der Waals surface area contributed by atoms with Gasteiger partial charge in [-0.05, 0) is 35.7 Å². The molecule has 1 aliphatic heterocycles. The molecule has 0 radical (unpaired) electrons. The summed E-state index contributed by atoms with van der Waals surface area (Å²) in [6, 6.07) is 12.5. The van der Waals surface area contributed by atoms with E-state index in [1.807, 2.05) is 18.2 Å². The van der Waals surface area contributed by atoms with E-state index >= 15 is 0 Å². The van der Waals surface area contributed by atoms with Crippen molar-refractivity contribution in [3.63, 3.8) is 0 Å². The molecule has 0 spiro atoms. The number of hydrogen-bond donors (Lipinski definition) is 2. The second kappa shape index (κ2) is 9.08. The number of carbonyl (C=O) groups is 3. The van der Waals surface area contributed by atoms with E-state index in [1.54, 1.807) is 4.90 Å². The van der Waals surface area contributed by atoms with Crippen molar-refractivity contribution in [2.24, 2.45) is 0 Å². The average Bonchev–Trinajstić information content (AvgIpc) is 2.69. The highest BCUT2D eigenvalue weighted by atomic mass is 35.5. The van der Waals surface area contributed by atoms with Crippen LogP contribution in [0.2, 0.25) is 10.0 Å². The summed E-state index contributed by atoms with van der Waals surface area (Å²) in [5, 5.41) is 5.62. The van der Waals surface area contributed by atoms with Crippen LogP contribution in [0, 0.1) is 0 Å². The molecule has 0 bridgehead atoms. The largest absolute Gasteiger partial charge is 0.345 e. The Bertz CT molecular complexity index is 917. The van der Waals surface area contributed by atoms with Crippen LogP contribution in [0.5, 0.6) is 0 Å². The van der Waals surface area contributed by atoms with Gasteiger partial charge in [-0.25, -0.2) is 0 Å². The van der Waals surface area contributed by atoms with Crippen molar-refractivity contribution in [1.82, 2.24) is 15.5 Å². The highest BCUT2D eigenvalue weighted by Gasteiger charge is 2.20. The maximum absolute atomic E-state index is 12.3. The van der Waals surface area contributed by atoms with Crippen molar-refractivity contribution < 1.29 is 14.4 Å². The summed E-state index contributed by atoms with van der Waals surface area (Å²) in [6.45, 7) is 0.792. The van der Waals surface area contributed by atoms with Gasteiger partial charge >= 0.3 is 0 Å². The molecular formula is C20H19Cl2N3O3. The monoisotopic (exact) mass is 419 g/mol. The third-order valence-electron chi connectivity index (χ3n) is 4.51. The summed E-state index contributed by atoms with van der Waals surface area (Å²) in [7, 11) is 0. The number of fused-ring (bicyclic) bond motifs is 1. The lowest BCUT2D eigenvalue weighted by atomic mass is 10.00. The van der Waals surface area contributed by atoms with Gasteiger partial charge in [-0.15, -0.1) is 0 Å². The van der Waals surface area contributed by atoms with E-state index in [4.69, 9.17) is 23.2 Å². The van der Waals surface area contributed by atoms with Crippen LogP contribution >= 0.6 is 23.2 Å². The molecule has 0 aromatic heterocycles. The highest BCUT2D eigenvalue weighted by molar-refractivity contribution is 6.36.